The van der Waals surface area contributed by atoms with Crippen molar-refractivity contribution in [2.45, 2.75) is 6.54 Å². The second-order valence-corrected chi connectivity index (χ2v) is 6.31. The summed E-state index contributed by atoms with van der Waals surface area (Å²) in [7, 11) is 1.62. The molecule has 0 atom stereocenters. The minimum atomic E-state index is -0.0952. The minimum absolute atomic E-state index is 0.0952. The van der Waals surface area contributed by atoms with Crippen molar-refractivity contribution in [2.24, 2.45) is 0 Å². The zero-order valence-electron chi connectivity index (χ0n) is 11.8. The summed E-state index contributed by atoms with van der Waals surface area (Å²) in [5.74, 6) is 1.33. The molecule has 4 nitrogen and oxygen atoms in total. The molecule has 1 aromatic heterocycles. The van der Waals surface area contributed by atoms with Crippen molar-refractivity contribution in [2.75, 3.05) is 7.11 Å². The Bertz CT molecular complexity index is 720. The van der Waals surface area contributed by atoms with Gasteiger partial charge in [-0.05, 0) is 29.8 Å². The highest BCUT2D eigenvalue weighted by Crippen LogP contribution is 2.33. The van der Waals surface area contributed by atoms with E-state index in [9.17, 15) is 4.79 Å². The van der Waals surface area contributed by atoms with Gasteiger partial charge in [0.15, 0.2) is 0 Å². The SMILES string of the molecule is COc1ccc(CN2C(=O)C(=Cc3ccco3)SC2=S)cc1. The summed E-state index contributed by atoms with van der Waals surface area (Å²) in [6.07, 6.45) is 3.29. The fourth-order valence-corrected chi connectivity index (χ4v) is 3.29. The van der Waals surface area contributed by atoms with Gasteiger partial charge in [-0.1, -0.05) is 36.1 Å². The largest absolute Gasteiger partial charge is 0.497 e. The van der Waals surface area contributed by atoms with E-state index in [0.29, 0.717) is 21.5 Å². The van der Waals surface area contributed by atoms with E-state index in [1.54, 1.807) is 36.5 Å². The van der Waals surface area contributed by atoms with Crippen LogP contribution in [-0.2, 0) is 11.3 Å². The molecule has 2 aromatic rings. The topological polar surface area (TPSA) is 42.7 Å². The third kappa shape index (κ3) is 3.08. The molecule has 6 heteroatoms. The predicted molar refractivity (Wildman–Crippen MR) is 90.4 cm³/mol. The quantitative estimate of drug-likeness (QED) is 0.631. The molecule has 0 aliphatic carbocycles. The van der Waals surface area contributed by atoms with Crippen LogP contribution >= 0.6 is 24.0 Å². The summed E-state index contributed by atoms with van der Waals surface area (Å²) in [4.78, 5) is 14.6. The lowest BCUT2D eigenvalue weighted by molar-refractivity contribution is -0.122. The number of furan rings is 1. The molecule has 1 amide bonds. The molecule has 2 heterocycles. The maximum absolute atomic E-state index is 12.5. The molecule has 1 aromatic carbocycles. The smallest absolute Gasteiger partial charge is 0.266 e. The van der Waals surface area contributed by atoms with Crippen molar-refractivity contribution in [1.82, 2.24) is 4.90 Å². The molecule has 3 rings (SSSR count). The summed E-state index contributed by atoms with van der Waals surface area (Å²) >= 11 is 6.60. The van der Waals surface area contributed by atoms with Crippen LogP contribution < -0.4 is 4.74 Å². The van der Waals surface area contributed by atoms with E-state index in [0.717, 1.165) is 11.3 Å². The molecular formula is C16H13NO3S2. The van der Waals surface area contributed by atoms with Gasteiger partial charge in [0.25, 0.3) is 5.91 Å². The van der Waals surface area contributed by atoms with Crippen molar-refractivity contribution >= 4 is 40.3 Å². The Kier molecular flexibility index (Phi) is 4.31. The molecule has 1 fully saturated rings. The lowest BCUT2D eigenvalue weighted by Gasteiger charge is -2.14. The van der Waals surface area contributed by atoms with Gasteiger partial charge >= 0.3 is 0 Å². The highest BCUT2D eigenvalue weighted by Gasteiger charge is 2.32. The zero-order valence-corrected chi connectivity index (χ0v) is 13.4. The normalized spacial score (nSPS) is 16.6. The van der Waals surface area contributed by atoms with Crippen molar-refractivity contribution in [3.8, 4) is 5.75 Å². The standard InChI is InChI=1S/C16H13NO3S2/c1-19-12-6-4-11(5-7-12)10-17-15(18)14(22-16(17)21)9-13-3-2-8-20-13/h2-9H,10H2,1H3. The first-order valence-electron chi connectivity index (χ1n) is 6.59. The molecule has 1 saturated heterocycles. The summed E-state index contributed by atoms with van der Waals surface area (Å²) in [5.41, 5.74) is 0.997. The third-order valence-corrected chi connectivity index (χ3v) is 4.57. The molecular weight excluding hydrogens is 318 g/mol. The lowest BCUT2D eigenvalue weighted by Crippen LogP contribution is -2.27. The second kappa shape index (κ2) is 6.37. The lowest BCUT2D eigenvalue weighted by atomic mass is 10.2. The highest BCUT2D eigenvalue weighted by molar-refractivity contribution is 8.26. The first-order chi connectivity index (χ1) is 10.7. The average molecular weight is 331 g/mol. The van der Waals surface area contributed by atoms with E-state index in [4.69, 9.17) is 21.4 Å². The number of hydrogen-bond donors (Lipinski definition) is 0. The number of methoxy groups -OCH3 is 1. The Morgan fingerprint density at radius 3 is 2.73 bits per heavy atom. The average Bonchev–Trinajstić information content (AvgIpc) is 3.12. The molecule has 0 spiro atoms. The van der Waals surface area contributed by atoms with Gasteiger partial charge in [-0.2, -0.15) is 0 Å². The van der Waals surface area contributed by atoms with Crippen LogP contribution in [0, 0.1) is 0 Å². The van der Waals surface area contributed by atoms with Crippen molar-refractivity contribution in [1.29, 1.82) is 0 Å². The number of ether oxygens (including phenoxy) is 1. The van der Waals surface area contributed by atoms with Crippen LogP contribution in [0.25, 0.3) is 6.08 Å². The van der Waals surface area contributed by atoms with Crippen LogP contribution in [0.4, 0.5) is 0 Å². The van der Waals surface area contributed by atoms with Crippen LogP contribution in [0.5, 0.6) is 5.75 Å². The van der Waals surface area contributed by atoms with Crippen LogP contribution in [0.15, 0.2) is 52.0 Å². The number of amides is 1. The molecule has 0 saturated carbocycles. The maximum atomic E-state index is 12.5. The fraction of sp³-hybridized carbons (Fsp3) is 0.125. The number of thiocarbonyl (C=S) groups is 1. The number of carbonyl (C=O) groups is 1. The third-order valence-electron chi connectivity index (χ3n) is 3.19. The number of nitrogens with zero attached hydrogens (tertiary/aromatic N) is 1. The number of rotatable bonds is 4. The summed E-state index contributed by atoms with van der Waals surface area (Å²) < 4.78 is 10.9. The van der Waals surface area contributed by atoms with E-state index >= 15 is 0 Å². The van der Waals surface area contributed by atoms with Gasteiger partial charge in [-0.25, -0.2) is 0 Å². The molecule has 1 aliphatic rings. The van der Waals surface area contributed by atoms with Crippen molar-refractivity contribution in [3.05, 3.63) is 58.9 Å². The first-order valence-corrected chi connectivity index (χ1v) is 7.81. The van der Waals surface area contributed by atoms with Gasteiger partial charge in [0.1, 0.15) is 15.8 Å². The summed E-state index contributed by atoms with van der Waals surface area (Å²) in [6, 6.07) is 11.2. The van der Waals surface area contributed by atoms with E-state index in [1.165, 1.54) is 11.8 Å². The summed E-state index contributed by atoms with van der Waals surface area (Å²) in [5, 5.41) is 0. The Morgan fingerprint density at radius 2 is 2.09 bits per heavy atom. The van der Waals surface area contributed by atoms with Gasteiger partial charge in [0, 0.05) is 6.08 Å². The molecule has 0 unspecified atom stereocenters. The van der Waals surface area contributed by atoms with Crippen LogP contribution in [0.3, 0.4) is 0 Å². The van der Waals surface area contributed by atoms with Gasteiger partial charge < -0.3 is 9.15 Å². The predicted octanol–water partition coefficient (Wildman–Crippen LogP) is 3.69. The molecule has 0 bridgehead atoms. The van der Waals surface area contributed by atoms with Crippen molar-refractivity contribution < 1.29 is 13.9 Å². The van der Waals surface area contributed by atoms with Crippen LogP contribution in [0.1, 0.15) is 11.3 Å². The summed E-state index contributed by atoms with van der Waals surface area (Å²) in [6.45, 7) is 0.449. The maximum Gasteiger partial charge on any atom is 0.266 e. The van der Waals surface area contributed by atoms with Gasteiger partial charge in [0.2, 0.25) is 0 Å². The van der Waals surface area contributed by atoms with E-state index in [-0.39, 0.29) is 5.91 Å². The molecule has 112 valence electrons. The number of thioether (sulfide) groups is 1. The van der Waals surface area contributed by atoms with Gasteiger partial charge in [-0.3, -0.25) is 9.69 Å². The van der Waals surface area contributed by atoms with Gasteiger partial charge in [-0.15, -0.1) is 0 Å². The number of carbonyl (C=O) groups excluding carboxylic acids is 1. The Morgan fingerprint density at radius 1 is 1.32 bits per heavy atom. The monoisotopic (exact) mass is 331 g/mol. The van der Waals surface area contributed by atoms with E-state index < -0.39 is 0 Å². The minimum Gasteiger partial charge on any atom is -0.497 e. The molecule has 1 aliphatic heterocycles. The number of benzene rings is 1. The van der Waals surface area contributed by atoms with Gasteiger partial charge in [0.05, 0.1) is 24.8 Å². The van der Waals surface area contributed by atoms with E-state index in [2.05, 4.69) is 0 Å². The fourth-order valence-electron chi connectivity index (χ4n) is 2.05. The van der Waals surface area contributed by atoms with Crippen LogP contribution in [0.2, 0.25) is 0 Å². The molecule has 22 heavy (non-hydrogen) atoms. The first kappa shape index (κ1) is 14.9. The highest BCUT2D eigenvalue weighted by atomic mass is 32.2. The van der Waals surface area contributed by atoms with Crippen LogP contribution in [-0.4, -0.2) is 22.2 Å². The molecule has 0 N–H and O–H groups in total. The Hall–Kier alpha value is -2.05. The molecule has 0 radical (unpaired) electrons. The zero-order chi connectivity index (χ0) is 15.5. The second-order valence-electron chi connectivity index (χ2n) is 4.63. The van der Waals surface area contributed by atoms with E-state index in [1.807, 2.05) is 24.3 Å². The van der Waals surface area contributed by atoms with Crippen molar-refractivity contribution in [3.63, 3.8) is 0 Å². The Balaban J connectivity index is 1.76. The Labute approximate surface area is 137 Å². The number of hydrogen-bond acceptors (Lipinski definition) is 5.